The van der Waals surface area contributed by atoms with Crippen LogP contribution in [0.15, 0.2) is 89.5 Å². The van der Waals surface area contributed by atoms with Crippen molar-refractivity contribution < 1.29 is 22.7 Å². The molecule has 1 N–H and O–H groups in total. The maximum atomic E-state index is 13.1. The number of hydrogen-bond acceptors (Lipinski definition) is 4. The van der Waals surface area contributed by atoms with Crippen molar-refractivity contribution in [3.63, 3.8) is 0 Å². The molecule has 1 saturated heterocycles. The van der Waals surface area contributed by atoms with Crippen LogP contribution in [0.4, 0.5) is 18.9 Å². The lowest BCUT2D eigenvalue weighted by atomic mass is 9.55. The first-order valence-corrected chi connectivity index (χ1v) is 19.9. The average Bonchev–Trinajstić information content (AvgIpc) is 3.58. The summed E-state index contributed by atoms with van der Waals surface area (Å²) in [6.07, 6.45) is 11.7. The van der Waals surface area contributed by atoms with Crippen LogP contribution in [0.2, 0.25) is 0 Å². The fourth-order valence-corrected chi connectivity index (χ4v) is 8.87. The van der Waals surface area contributed by atoms with Crippen molar-refractivity contribution in [2.75, 3.05) is 18.0 Å². The molecular formula is C46H63F3N2O2. The molecular weight excluding hydrogens is 670 g/mol. The van der Waals surface area contributed by atoms with Gasteiger partial charge in [0.15, 0.2) is 0 Å². The Balaban J connectivity index is 1.59. The number of nitrogens with one attached hydrogen (secondary N) is 1. The van der Waals surface area contributed by atoms with Gasteiger partial charge in [-0.2, -0.15) is 13.2 Å². The number of carbonyl (C=O) groups excluding carboxylic acids is 1. The third-order valence-corrected chi connectivity index (χ3v) is 11.9. The molecule has 1 aliphatic heterocycles. The van der Waals surface area contributed by atoms with E-state index in [4.69, 9.17) is 10.1 Å². The van der Waals surface area contributed by atoms with Gasteiger partial charge >= 0.3 is 12.1 Å². The highest BCUT2D eigenvalue weighted by molar-refractivity contribution is 6.35. The predicted molar refractivity (Wildman–Crippen MR) is 213 cm³/mol. The SMILES string of the molecule is CCCC(CC/C=C(/C)CC1CN(c2ccc(C(F)(F)F)cc2)C1)C(CC(C)/C=C\C(C)=C(C)C)(c1ccccc1)[C@@H]1CCC[C@H]1OC(=O)C(=N)CC. The molecule has 2 aromatic carbocycles. The number of rotatable bonds is 18. The summed E-state index contributed by atoms with van der Waals surface area (Å²) in [4.78, 5) is 15.3. The van der Waals surface area contributed by atoms with E-state index in [2.05, 4.69) is 95.0 Å². The highest BCUT2D eigenvalue weighted by Gasteiger charge is 2.52. The first-order chi connectivity index (χ1) is 25.2. The van der Waals surface area contributed by atoms with E-state index in [1.54, 1.807) is 12.1 Å². The second-order valence-electron chi connectivity index (χ2n) is 16.1. The lowest BCUT2D eigenvalue weighted by Crippen LogP contribution is -2.48. The summed E-state index contributed by atoms with van der Waals surface area (Å²) in [7, 11) is 0. The van der Waals surface area contributed by atoms with E-state index in [1.165, 1.54) is 34.4 Å². The maximum absolute atomic E-state index is 13.1. The van der Waals surface area contributed by atoms with Crippen molar-refractivity contribution in [1.82, 2.24) is 0 Å². The zero-order chi connectivity index (χ0) is 38.8. The van der Waals surface area contributed by atoms with Gasteiger partial charge in [0.1, 0.15) is 11.8 Å². The standard InChI is InChI=1S/C46H63F3N2O2/c1-8-15-37(19-13-16-33(5)28-36-30-51(31-36)40-26-24-39(25-27-40)46(47,48)49)45(38-17-11-10-12-18-38,29-34(6)22-23-35(7)32(3)4)41-20-14-21-43(41)53-44(52)42(50)9-2/h10-12,16-18,22-27,34,36-37,41,43,50H,8-9,13-15,19-21,28-31H2,1-7H3/b23-22-,33-16-,50-42?/t34?,37?,41-,43-,45?/m1/s1. The van der Waals surface area contributed by atoms with Gasteiger partial charge in [-0.15, -0.1) is 0 Å². The quantitative estimate of drug-likeness (QED) is 0.0718. The van der Waals surface area contributed by atoms with E-state index in [9.17, 15) is 18.0 Å². The fourth-order valence-electron chi connectivity index (χ4n) is 8.87. The largest absolute Gasteiger partial charge is 0.458 e. The summed E-state index contributed by atoms with van der Waals surface area (Å²) in [6.45, 7) is 16.8. The molecule has 2 fully saturated rings. The molecule has 4 nitrogen and oxygen atoms in total. The summed E-state index contributed by atoms with van der Waals surface area (Å²) in [6, 6.07) is 16.5. The van der Waals surface area contributed by atoms with Crippen LogP contribution in [-0.4, -0.2) is 30.9 Å². The molecule has 4 rings (SSSR count). The molecule has 1 heterocycles. The predicted octanol–water partition coefficient (Wildman–Crippen LogP) is 12.7. The second-order valence-corrected chi connectivity index (χ2v) is 16.1. The van der Waals surface area contributed by atoms with Gasteiger partial charge in [0.05, 0.1) is 5.56 Å². The molecule has 53 heavy (non-hydrogen) atoms. The Hall–Kier alpha value is -3.61. The summed E-state index contributed by atoms with van der Waals surface area (Å²) in [5.74, 6) is 0.797. The smallest absolute Gasteiger partial charge is 0.416 e. The van der Waals surface area contributed by atoms with Gasteiger partial charge in [0.2, 0.25) is 0 Å². The highest BCUT2D eigenvalue weighted by atomic mass is 19.4. The van der Waals surface area contributed by atoms with Crippen LogP contribution >= 0.6 is 0 Å². The van der Waals surface area contributed by atoms with Crippen LogP contribution in [-0.2, 0) is 21.1 Å². The van der Waals surface area contributed by atoms with Gasteiger partial charge < -0.3 is 9.64 Å². The molecule has 2 aromatic rings. The second kappa shape index (κ2) is 19.1. The first-order valence-electron chi connectivity index (χ1n) is 19.9. The Labute approximate surface area is 317 Å². The van der Waals surface area contributed by atoms with E-state index >= 15 is 0 Å². The number of anilines is 1. The van der Waals surface area contributed by atoms with Crippen LogP contribution in [0.5, 0.6) is 0 Å². The number of allylic oxidation sites excluding steroid dienone is 6. The monoisotopic (exact) mass is 732 g/mol. The molecule has 5 atom stereocenters. The van der Waals surface area contributed by atoms with Crippen molar-refractivity contribution in [2.24, 2.45) is 23.7 Å². The van der Waals surface area contributed by atoms with Crippen molar-refractivity contribution in [1.29, 1.82) is 5.41 Å². The van der Waals surface area contributed by atoms with Crippen molar-refractivity contribution in [2.45, 2.75) is 130 Å². The van der Waals surface area contributed by atoms with Crippen molar-refractivity contribution >= 4 is 17.4 Å². The molecule has 3 unspecified atom stereocenters. The van der Waals surface area contributed by atoms with E-state index < -0.39 is 17.7 Å². The van der Waals surface area contributed by atoms with Crippen molar-refractivity contribution in [3.8, 4) is 0 Å². The number of benzene rings is 2. The molecule has 0 bridgehead atoms. The van der Waals surface area contributed by atoms with E-state index in [1.807, 2.05) is 6.92 Å². The Morgan fingerprint density at radius 2 is 1.64 bits per heavy atom. The molecule has 1 saturated carbocycles. The normalized spacial score (nSPS) is 20.5. The zero-order valence-corrected chi connectivity index (χ0v) is 33.2. The Morgan fingerprint density at radius 3 is 2.25 bits per heavy atom. The van der Waals surface area contributed by atoms with Crippen molar-refractivity contribution in [3.05, 3.63) is 101 Å². The van der Waals surface area contributed by atoms with Gasteiger partial charge in [-0.3, -0.25) is 5.41 Å². The molecule has 1 aliphatic carbocycles. The third-order valence-electron chi connectivity index (χ3n) is 11.9. The first kappa shape index (κ1) is 42.1. The summed E-state index contributed by atoms with van der Waals surface area (Å²) in [5, 5.41) is 8.23. The number of alkyl halides is 3. The lowest BCUT2D eigenvalue weighted by Gasteiger charge is -2.49. The van der Waals surface area contributed by atoms with Crippen LogP contribution in [0.3, 0.4) is 0 Å². The van der Waals surface area contributed by atoms with Gasteiger partial charge in [-0.25, -0.2) is 4.79 Å². The third kappa shape index (κ3) is 11.0. The maximum Gasteiger partial charge on any atom is 0.416 e. The molecule has 0 amide bonds. The van der Waals surface area contributed by atoms with Crippen LogP contribution in [0, 0.1) is 29.1 Å². The number of halogens is 3. The summed E-state index contributed by atoms with van der Waals surface area (Å²) in [5.41, 5.74) is 5.33. The Kier molecular flexibility index (Phi) is 15.2. The topological polar surface area (TPSA) is 53.4 Å². The molecule has 0 aromatic heterocycles. The lowest BCUT2D eigenvalue weighted by molar-refractivity contribution is -0.145. The molecule has 0 spiro atoms. The fraction of sp³-hybridized carbons (Fsp3) is 0.565. The minimum atomic E-state index is -4.32. The van der Waals surface area contributed by atoms with Gasteiger partial charge in [-0.1, -0.05) is 92.5 Å². The van der Waals surface area contributed by atoms with Gasteiger partial charge in [-0.05, 0) is 133 Å². The number of esters is 1. The summed E-state index contributed by atoms with van der Waals surface area (Å²) < 4.78 is 45.4. The number of hydrogen-bond donors (Lipinski definition) is 1. The van der Waals surface area contributed by atoms with E-state index in [0.717, 1.165) is 76.6 Å². The van der Waals surface area contributed by atoms with E-state index in [-0.39, 0.29) is 23.1 Å². The number of carbonyl (C=O) groups is 1. The molecule has 7 heteroatoms. The zero-order valence-electron chi connectivity index (χ0n) is 33.2. The van der Waals surface area contributed by atoms with E-state index in [0.29, 0.717) is 24.2 Å². The van der Waals surface area contributed by atoms with Gasteiger partial charge in [0, 0.05) is 30.1 Å². The highest BCUT2D eigenvalue weighted by Crippen LogP contribution is 2.54. The average molecular weight is 733 g/mol. The minimum absolute atomic E-state index is 0.0362. The Morgan fingerprint density at radius 1 is 0.962 bits per heavy atom. The van der Waals surface area contributed by atoms with Crippen LogP contribution in [0.25, 0.3) is 0 Å². The van der Waals surface area contributed by atoms with Gasteiger partial charge in [0.25, 0.3) is 0 Å². The molecule has 0 radical (unpaired) electrons. The Bertz CT molecular complexity index is 1580. The van der Waals surface area contributed by atoms with Crippen LogP contribution in [0.1, 0.15) is 124 Å². The van der Waals surface area contributed by atoms with Crippen LogP contribution < -0.4 is 4.90 Å². The number of nitrogens with zero attached hydrogens (tertiary/aromatic N) is 1. The number of ether oxygens (including phenoxy) is 1. The molecule has 2 aliphatic rings. The minimum Gasteiger partial charge on any atom is -0.458 e. The summed E-state index contributed by atoms with van der Waals surface area (Å²) >= 11 is 0. The molecule has 290 valence electrons.